The van der Waals surface area contributed by atoms with Crippen molar-refractivity contribution in [3.8, 4) is 0 Å². The van der Waals surface area contributed by atoms with Crippen LogP contribution in [0.1, 0.15) is 44.3 Å². The number of ether oxygens (including phenoxy) is 1. The Morgan fingerprint density at radius 1 is 1.04 bits per heavy atom. The first-order chi connectivity index (χ1) is 12.4. The van der Waals surface area contributed by atoms with Gasteiger partial charge in [-0.3, -0.25) is 4.79 Å². The number of hydrogen-bond donors (Lipinski definition) is 1. The normalized spacial score (nSPS) is 12.5. The van der Waals surface area contributed by atoms with Crippen LogP contribution in [0.5, 0.6) is 0 Å². The minimum atomic E-state index is -4.10. The molecule has 2 aromatic carbocycles. The monoisotopic (exact) mass is 409 g/mol. The van der Waals surface area contributed by atoms with Crippen LogP contribution in [0.15, 0.2) is 35.2 Å². The number of primary sulfonamides is 1. The summed E-state index contributed by atoms with van der Waals surface area (Å²) in [6, 6.07) is 7.22. The highest BCUT2D eigenvalue weighted by Crippen LogP contribution is 2.23. The number of sulfonamides is 1. The van der Waals surface area contributed by atoms with Gasteiger partial charge in [0.1, 0.15) is 4.90 Å². The average Bonchev–Trinajstić information content (AvgIpc) is 2.56. The Hall–Kier alpha value is -2.22. The number of Topliss-reactive ketones (excluding diaryl/α,β-unsaturated/α-hetero) is 1. The topological polar surface area (TPSA) is 104 Å². The molecule has 2 N–H and O–H groups in total. The van der Waals surface area contributed by atoms with Gasteiger partial charge in [-0.1, -0.05) is 17.7 Å². The minimum absolute atomic E-state index is 0.0696. The van der Waals surface area contributed by atoms with E-state index in [4.69, 9.17) is 21.5 Å². The third kappa shape index (κ3) is 4.74. The number of nitrogens with two attached hydrogens (primary N) is 1. The van der Waals surface area contributed by atoms with E-state index in [0.29, 0.717) is 5.56 Å². The first-order valence-electron chi connectivity index (χ1n) is 8.07. The zero-order valence-electron chi connectivity index (χ0n) is 15.4. The van der Waals surface area contributed by atoms with Gasteiger partial charge in [0, 0.05) is 5.56 Å². The van der Waals surface area contributed by atoms with Gasteiger partial charge in [-0.25, -0.2) is 18.4 Å². The van der Waals surface area contributed by atoms with E-state index in [1.54, 1.807) is 6.07 Å². The van der Waals surface area contributed by atoms with Crippen LogP contribution in [0.4, 0.5) is 0 Å². The van der Waals surface area contributed by atoms with Crippen molar-refractivity contribution in [1.82, 2.24) is 0 Å². The highest BCUT2D eigenvalue weighted by molar-refractivity contribution is 7.89. The van der Waals surface area contributed by atoms with Gasteiger partial charge in [-0.05, 0) is 68.7 Å². The van der Waals surface area contributed by atoms with Gasteiger partial charge in [0.2, 0.25) is 15.8 Å². The highest BCUT2D eigenvalue weighted by atomic mass is 35.5. The van der Waals surface area contributed by atoms with Crippen molar-refractivity contribution in [3.63, 3.8) is 0 Å². The maximum atomic E-state index is 12.7. The van der Waals surface area contributed by atoms with Crippen molar-refractivity contribution in [2.24, 2.45) is 5.14 Å². The third-order valence-electron chi connectivity index (χ3n) is 4.23. The van der Waals surface area contributed by atoms with Crippen LogP contribution in [-0.4, -0.2) is 26.3 Å². The standard InChI is InChI=1S/C19H20ClNO5S/c1-10-7-12(3)15(8-11(10)2)18(22)13(4)26-19(23)14-5-6-16(20)17(9-14)27(21,24)25/h5-9,13H,1-4H3,(H2,21,24,25)/t13-/m1/s1. The maximum Gasteiger partial charge on any atom is 0.338 e. The molecule has 0 aromatic heterocycles. The number of esters is 1. The summed E-state index contributed by atoms with van der Waals surface area (Å²) < 4.78 is 28.3. The lowest BCUT2D eigenvalue weighted by atomic mass is 9.96. The van der Waals surface area contributed by atoms with Gasteiger partial charge in [0.05, 0.1) is 10.6 Å². The number of benzene rings is 2. The lowest BCUT2D eigenvalue weighted by Gasteiger charge is -2.15. The van der Waals surface area contributed by atoms with E-state index >= 15 is 0 Å². The molecule has 27 heavy (non-hydrogen) atoms. The molecule has 0 aliphatic rings. The number of ketones is 1. The Labute approximate surface area is 163 Å². The zero-order valence-corrected chi connectivity index (χ0v) is 16.9. The maximum absolute atomic E-state index is 12.7. The van der Waals surface area contributed by atoms with Crippen molar-refractivity contribution < 1.29 is 22.7 Å². The number of carbonyl (C=O) groups excluding carboxylic acids is 2. The van der Waals surface area contributed by atoms with E-state index in [1.165, 1.54) is 19.1 Å². The second-order valence-corrected chi connectivity index (χ2v) is 8.29. The first-order valence-corrected chi connectivity index (χ1v) is 9.99. The van der Waals surface area contributed by atoms with Gasteiger partial charge in [-0.15, -0.1) is 0 Å². The molecule has 0 amide bonds. The molecule has 0 fully saturated rings. The van der Waals surface area contributed by atoms with Crippen LogP contribution in [0.2, 0.25) is 5.02 Å². The molecule has 2 aromatic rings. The Morgan fingerprint density at radius 2 is 1.63 bits per heavy atom. The first kappa shape index (κ1) is 21.1. The lowest BCUT2D eigenvalue weighted by molar-refractivity contribution is 0.0318. The molecule has 0 aliphatic heterocycles. The number of halogens is 1. The number of hydrogen-bond acceptors (Lipinski definition) is 5. The summed E-state index contributed by atoms with van der Waals surface area (Å²) >= 11 is 5.80. The molecule has 0 aliphatic carbocycles. The Morgan fingerprint density at radius 3 is 2.22 bits per heavy atom. The summed E-state index contributed by atoms with van der Waals surface area (Å²) in [5.74, 6) is -1.19. The molecule has 0 bridgehead atoms. The molecular formula is C19H20ClNO5S. The van der Waals surface area contributed by atoms with Crippen LogP contribution in [0.25, 0.3) is 0 Å². The van der Waals surface area contributed by atoms with Gasteiger partial charge >= 0.3 is 5.97 Å². The zero-order chi connectivity index (χ0) is 20.5. The summed E-state index contributed by atoms with van der Waals surface area (Å²) in [5.41, 5.74) is 3.21. The molecule has 1 atom stereocenters. The number of rotatable bonds is 5. The fourth-order valence-electron chi connectivity index (χ4n) is 2.58. The summed E-state index contributed by atoms with van der Waals surface area (Å²) in [6.45, 7) is 7.12. The lowest BCUT2D eigenvalue weighted by Crippen LogP contribution is -2.25. The fourth-order valence-corrected chi connectivity index (χ4v) is 3.65. The summed E-state index contributed by atoms with van der Waals surface area (Å²) in [7, 11) is -4.10. The van der Waals surface area contributed by atoms with Gasteiger partial charge in [-0.2, -0.15) is 0 Å². The second-order valence-electron chi connectivity index (χ2n) is 6.35. The third-order valence-corrected chi connectivity index (χ3v) is 5.63. The van der Waals surface area contributed by atoms with Crippen molar-refractivity contribution >= 4 is 33.4 Å². The predicted octanol–water partition coefficient (Wildman–Crippen LogP) is 3.34. The van der Waals surface area contributed by atoms with E-state index < -0.39 is 22.1 Å². The van der Waals surface area contributed by atoms with Crippen molar-refractivity contribution in [3.05, 3.63) is 63.2 Å². The average molecular weight is 410 g/mol. The molecule has 2 rings (SSSR count). The van der Waals surface area contributed by atoms with Gasteiger partial charge in [0.15, 0.2) is 6.10 Å². The largest absolute Gasteiger partial charge is 0.451 e. The molecular weight excluding hydrogens is 390 g/mol. The minimum Gasteiger partial charge on any atom is -0.451 e. The van der Waals surface area contributed by atoms with Crippen molar-refractivity contribution in [2.75, 3.05) is 0 Å². The van der Waals surface area contributed by atoms with Crippen LogP contribution in [-0.2, 0) is 14.8 Å². The second kappa shape index (κ2) is 7.80. The van der Waals surface area contributed by atoms with E-state index in [9.17, 15) is 18.0 Å². The molecule has 6 nitrogen and oxygen atoms in total. The van der Waals surface area contributed by atoms with Crippen LogP contribution < -0.4 is 5.14 Å². The Kier molecular flexibility index (Phi) is 6.09. The quantitative estimate of drug-likeness (QED) is 0.602. The molecule has 8 heteroatoms. The summed E-state index contributed by atoms with van der Waals surface area (Å²) in [5, 5.41) is 4.97. The summed E-state index contributed by atoms with van der Waals surface area (Å²) in [6.07, 6.45) is -1.05. The molecule has 0 unspecified atom stereocenters. The highest BCUT2D eigenvalue weighted by Gasteiger charge is 2.24. The van der Waals surface area contributed by atoms with Gasteiger partial charge in [0.25, 0.3) is 0 Å². The number of carbonyl (C=O) groups is 2. The van der Waals surface area contributed by atoms with Crippen molar-refractivity contribution in [2.45, 2.75) is 38.7 Å². The molecule has 0 radical (unpaired) electrons. The van der Waals surface area contributed by atoms with Crippen LogP contribution in [0, 0.1) is 20.8 Å². The van der Waals surface area contributed by atoms with E-state index in [0.717, 1.165) is 22.8 Å². The SMILES string of the molecule is Cc1cc(C)c(C(=O)[C@@H](C)OC(=O)c2ccc(Cl)c(S(N)(=O)=O)c2)cc1C. The fraction of sp³-hybridized carbons (Fsp3) is 0.263. The van der Waals surface area contributed by atoms with E-state index in [1.807, 2.05) is 26.8 Å². The molecule has 0 saturated carbocycles. The Balaban J connectivity index is 2.26. The van der Waals surface area contributed by atoms with Gasteiger partial charge < -0.3 is 4.74 Å². The number of aryl methyl sites for hydroxylation is 3. The molecule has 0 spiro atoms. The predicted molar refractivity (Wildman–Crippen MR) is 103 cm³/mol. The molecule has 0 saturated heterocycles. The van der Waals surface area contributed by atoms with Crippen LogP contribution >= 0.6 is 11.6 Å². The molecule has 0 heterocycles. The van der Waals surface area contributed by atoms with E-state index in [2.05, 4.69) is 0 Å². The van der Waals surface area contributed by atoms with Crippen molar-refractivity contribution in [1.29, 1.82) is 0 Å². The Bertz CT molecular complexity index is 1030. The van der Waals surface area contributed by atoms with Crippen LogP contribution in [0.3, 0.4) is 0 Å². The van der Waals surface area contributed by atoms with E-state index in [-0.39, 0.29) is 21.3 Å². The smallest absolute Gasteiger partial charge is 0.338 e. The summed E-state index contributed by atoms with van der Waals surface area (Å²) in [4.78, 5) is 24.6. The molecule has 144 valence electrons.